The van der Waals surface area contributed by atoms with Crippen LogP contribution in [-0.4, -0.2) is 47.5 Å². The SMILES string of the molecule is [N-]=[N+]=N[C@@H]1[C@@H](OCc2ccc(Br)cc2)[C@H](OCc2ccc3ccccc3c2)[C@@H](CO)O[C@@H]1O. The second-order valence-electron chi connectivity index (χ2n) is 7.80. The Balaban J connectivity index is 1.55. The predicted molar refractivity (Wildman–Crippen MR) is 126 cm³/mol. The van der Waals surface area contributed by atoms with E-state index in [1.54, 1.807) is 0 Å². The van der Waals surface area contributed by atoms with E-state index < -0.39 is 30.6 Å². The molecule has 172 valence electrons. The minimum atomic E-state index is -1.42. The molecule has 0 radical (unpaired) electrons. The van der Waals surface area contributed by atoms with Gasteiger partial charge < -0.3 is 24.4 Å². The van der Waals surface area contributed by atoms with Crippen LogP contribution in [-0.2, 0) is 27.4 Å². The third kappa shape index (κ3) is 5.72. The summed E-state index contributed by atoms with van der Waals surface area (Å²) in [6, 6.07) is 20.6. The smallest absolute Gasteiger partial charge is 0.166 e. The Bertz CT molecular complexity index is 1120. The van der Waals surface area contributed by atoms with Gasteiger partial charge in [0.2, 0.25) is 0 Å². The number of benzene rings is 3. The number of halogens is 1. The number of nitrogens with zero attached hydrogens (tertiary/aromatic N) is 3. The number of hydrogen-bond donors (Lipinski definition) is 2. The molecule has 2 N–H and O–H groups in total. The third-order valence-corrected chi connectivity index (χ3v) is 6.14. The van der Waals surface area contributed by atoms with Crippen molar-refractivity contribution in [2.24, 2.45) is 5.11 Å². The topological polar surface area (TPSA) is 117 Å². The summed E-state index contributed by atoms with van der Waals surface area (Å²) in [5.41, 5.74) is 10.9. The van der Waals surface area contributed by atoms with E-state index in [1.807, 2.05) is 66.7 Å². The molecule has 1 aliphatic heterocycles. The molecule has 1 heterocycles. The van der Waals surface area contributed by atoms with Gasteiger partial charge >= 0.3 is 0 Å². The Kier molecular flexibility index (Phi) is 7.95. The number of rotatable bonds is 8. The molecule has 3 aromatic carbocycles. The summed E-state index contributed by atoms with van der Waals surface area (Å²) in [7, 11) is 0. The molecule has 4 rings (SSSR count). The first-order chi connectivity index (χ1) is 16.1. The van der Waals surface area contributed by atoms with Crippen molar-refractivity contribution < 1.29 is 24.4 Å². The summed E-state index contributed by atoms with van der Waals surface area (Å²) < 4.78 is 18.7. The predicted octanol–water partition coefficient (Wildman–Crippen LogP) is 4.46. The van der Waals surface area contributed by atoms with Gasteiger partial charge in [0.1, 0.15) is 24.4 Å². The van der Waals surface area contributed by atoms with Gasteiger partial charge in [-0.05, 0) is 45.6 Å². The van der Waals surface area contributed by atoms with Crippen molar-refractivity contribution in [3.05, 3.63) is 92.8 Å². The van der Waals surface area contributed by atoms with Gasteiger partial charge in [-0.2, -0.15) is 0 Å². The number of ether oxygens (including phenoxy) is 3. The Morgan fingerprint density at radius 1 is 0.939 bits per heavy atom. The number of azide groups is 1. The van der Waals surface area contributed by atoms with Gasteiger partial charge in [0.15, 0.2) is 6.29 Å². The lowest BCUT2D eigenvalue weighted by molar-refractivity contribution is -0.270. The zero-order valence-electron chi connectivity index (χ0n) is 17.7. The third-order valence-electron chi connectivity index (χ3n) is 5.61. The molecule has 1 aliphatic rings. The zero-order valence-corrected chi connectivity index (χ0v) is 19.3. The van der Waals surface area contributed by atoms with Gasteiger partial charge in [0.25, 0.3) is 0 Å². The van der Waals surface area contributed by atoms with Crippen LogP contribution in [0.1, 0.15) is 11.1 Å². The van der Waals surface area contributed by atoms with Crippen molar-refractivity contribution in [3.8, 4) is 0 Å². The summed E-state index contributed by atoms with van der Waals surface area (Å²) in [6.07, 6.45) is -3.87. The van der Waals surface area contributed by atoms with E-state index in [9.17, 15) is 10.2 Å². The van der Waals surface area contributed by atoms with Gasteiger partial charge in [0, 0.05) is 9.38 Å². The molecule has 0 unspecified atom stereocenters. The quantitative estimate of drug-likeness (QED) is 0.262. The first-order valence-corrected chi connectivity index (χ1v) is 11.3. The number of fused-ring (bicyclic) bond motifs is 1. The van der Waals surface area contributed by atoms with Gasteiger partial charge in [-0.1, -0.05) is 69.6 Å². The zero-order chi connectivity index (χ0) is 23.2. The van der Waals surface area contributed by atoms with E-state index in [2.05, 4.69) is 26.0 Å². The van der Waals surface area contributed by atoms with E-state index in [0.717, 1.165) is 26.4 Å². The highest BCUT2D eigenvalue weighted by molar-refractivity contribution is 9.10. The van der Waals surface area contributed by atoms with Crippen molar-refractivity contribution in [2.75, 3.05) is 6.61 Å². The average molecular weight is 514 g/mol. The Morgan fingerprint density at radius 3 is 2.33 bits per heavy atom. The van der Waals surface area contributed by atoms with Crippen LogP contribution >= 0.6 is 15.9 Å². The van der Waals surface area contributed by atoms with E-state index in [4.69, 9.17) is 19.7 Å². The molecule has 0 spiro atoms. The second-order valence-corrected chi connectivity index (χ2v) is 8.72. The fourth-order valence-corrected chi connectivity index (χ4v) is 4.19. The molecule has 5 atom stereocenters. The molecule has 1 fully saturated rings. The number of aliphatic hydroxyl groups is 2. The lowest BCUT2D eigenvalue weighted by Gasteiger charge is -2.42. The van der Waals surface area contributed by atoms with E-state index >= 15 is 0 Å². The lowest BCUT2D eigenvalue weighted by atomic mass is 9.96. The molecule has 0 aromatic heterocycles. The van der Waals surface area contributed by atoms with Gasteiger partial charge in [0.05, 0.1) is 19.8 Å². The molecule has 0 amide bonds. The van der Waals surface area contributed by atoms with Crippen LogP contribution in [0.15, 0.2) is 76.3 Å². The lowest BCUT2D eigenvalue weighted by Crippen LogP contribution is -2.59. The maximum absolute atomic E-state index is 10.4. The minimum absolute atomic E-state index is 0.204. The van der Waals surface area contributed by atoms with E-state index in [-0.39, 0.29) is 19.8 Å². The first kappa shape index (κ1) is 23.7. The summed E-state index contributed by atoms with van der Waals surface area (Å²) >= 11 is 3.40. The van der Waals surface area contributed by atoms with E-state index in [1.165, 1.54) is 0 Å². The standard InChI is InChI=1S/C24H24BrN3O5/c25-19-9-6-15(7-10-19)13-32-23-21(27-28-26)24(30)33-20(12-29)22(23)31-14-16-5-8-17-3-1-2-4-18(17)11-16/h1-11,20-24,29-30H,12-14H2/t20-,21-,22-,23-,24+/m1/s1. The van der Waals surface area contributed by atoms with Crippen LogP contribution in [0.3, 0.4) is 0 Å². The highest BCUT2D eigenvalue weighted by Crippen LogP contribution is 2.29. The molecular formula is C24H24BrN3O5. The van der Waals surface area contributed by atoms with Crippen LogP contribution in [0.2, 0.25) is 0 Å². The highest BCUT2D eigenvalue weighted by Gasteiger charge is 2.46. The summed E-state index contributed by atoms with van der Waals surface area (Å²) in [6.45, 7) is 0.0449. The van der Waals surface area contributed by atoms with Gasteiger partial charge in [-0.15, -0.1) is 0 Å². The first-order valence-electron chi connectivity index (χ1n) is 10.5. The molecule has 1 saturated heterocycles. The molecular weight excluding hydrogens is 490 g/mol. The molecule has 0 aliphatic carbocycles. The minimum Gasteiger partial charge on any atom is -0.394 e. The van der Waals surface area contributed by atoms with Crippen molar-refractivity contribution in [1.82, 2.24) is 0 Å². The monoisotopic (exact) mass is 513 g/mol. The van der Waals surface area contributed by atoms with Crippen molar-refractivity contribution in [3.63, 3.8) is 0 Å². The molecule has 0 saturated carbocycles. The maximum atomic E-state index is 10.4. The largest absolute Gasteiger partial charge is 0.394 e. The summed E-state index contributed by atoms with van der Waals surface area (Å²) in [5, 5.41) is 26.2. The molecule has 33 heavy (non-hydrogen) atoms. The Hall–Kier alpha value is -2.49. The molecule has 3 aromatic rings. The van der Waals surface area contributed by atoms with Crippen LogP contribution in [0.25, 0.3) is 21.2 Å². The highest BCUT2D eigenvalue weighted by atomic mass is 79.9. The van der Waals surface area contributed by atoms with Gasteiger partial charge in [-0.25, -0.2) is 0 Å². The Morgan fingerprint density at radius 2 is 1.61 bits per heavy atom. The normalized spacial score (nSPS) is 25.0. The second kappa shape index (κ2) is 11.1. The average Bonchev–Trinajstić information content (AvgIpc) is 2.84. The van der Waals surface area contributed by atoms with Crippen LogP contribution in [0.5, 0.6) is 0 Å². The fraction of sp³-hybridized carbons (Fsp3) is 0.333. The van der Waals surface area contributed by atoms with Crippen molar-refractivity contribution >= 4 is 26.7 Å². The molecule has 0 bridgehead atoms. The molecule has 8 nitrogen and oxygen atoms in total. The maximum Gasteiger partial charge on any atom is 0.166 e. The van der Waals surface area contributed by atoms with Crippen molar-refractivity contribution in [1.29, 1.82) is 0 Å². The van der Waals surface area contributed by atoms with Crippen molar-refractivity contribution in [2.45, 2.75) is 43.9 Å². The van der Waals surface area contributed by atoms with Crippen LogP contribution < -0.4 is 0 Å². The van der Waals surface area contributed by atoms with Gasteiger partial charge in [-0.3, -0.25) is 0 Å². The molecule has 9 heteroatoms. The van der Waals surface area contributed by atoms with Crippen LogP contribution in [0.4, 0.5) is 0 Å². The van der Waals surface area contributed by atoms with E-state index in [0.29, 0.717) is 0 Å². The summed E-state index contributed by atoms with van der Waals surface area (Å²) in [5.74, 6) is 0. The Labute approximate surface area is 199 Å². The summed E-state index contributed by atoms with van der Waals surface area (Å²) in [4.78, 5) is 2.85. The van der Waals surface area contributed by atoms with Crippen LogP contribution in [0, 0.1) is 0 Å². The number of hydrogen-bond acceptors (Lipinski definition) is 6. The fourth-order valence-electron chi connectivity index (χ4n) is 3.92. The number of aliphatic hydroxyl groups excluding tert-OH is 2.